The van der Waals surface area contributed by atoms with Gasteiger partial charge in [0, 0.05) is 12.5 Å². The van der Waals surface area contributed by atoms with E-state index < -0.39 is 0 Å². The summed E-state index contributed by atoms with van der Waals surface area (Å²) in [5.74, 6) is 0.358. The molecule has 15 heavy (non-hydrogen) atoms. The van der Waals surface area contributed by atoms with E-state index in [0.717, 1.165) is 38.6 Å². The molecule has 2 atom stereocenters. The molecular weight excluding hydrogens is 190 g/mol. The zero-order chi connectivity index (χ0) is 11.3. The number of unbranched alkanes of at least 4 members (excludes halogenated alkanes) is 1. The van der Waals surface area contributed by atoms with Gasteiger partial charge in [0.25, 0.3) is 0 Å². The Morgan fingerprint density at radius 2 is 2.33 bits per heavy atom. The first-order chi connectivity index (χ1) is 7.20. The summed E-state index contributed by atoms with van der Waals surface area (Å²) in [5, 5.41) is 9.15. The number of aliphatic hydroxyl groups excluding tert-OH is 1. The second kappa shape index (κ2) is 6.11. The van der Waals surface area contributed by atoms with E-state index in [1.807, 2.05) is 11.8 Å². The Balaban J connectivity index is 2.44. The van der Waals surface area contributed by atoms with E-state index >= 15 is 0 Å². The number of likely N-dealkylation sites (tertiary alicyclic amines) is 1. The van der Waals surface area contributed by atoms with E-state index in [2.05, 4.69) is 6.92 Å². The number of nitrogens with zero attached hydrogens (tertiary/aromatic N) is 1. The minimum absolute atomic E-state index is 0.0848. The molecule has 3 nitrogen and oxygen atoms in total. The number of hydrogen-bond acceptors (Lipinski definition) is 2. The molecule has 1 N–H and O–H groups in total. The Labute approximate surface area is 92.5 Å². The van der Waals surface area contributed by atoms with E-state index in [4.69, 9.17) is 5.11 Å². The van der Waals surface area contributed by atoms with Gasteiger partial charge >= 0.3 is 0 Å². The maximum Gasteiger partial charge on any atom is 0.225 e. The van der Waals surface area contributed by atoms with Crippen molar-refractivity contribution in [1.29, 1.82) is 0 Å². The molecule has 0 aliphatic carbocycles. The Bertz CT molecular complexity index is 206. The zero-order valence-electron chi connectivity index (χ0n) is 9.91. The van der Waals surface area contributed by atoms with Gasteiger partial charge in [-0.05, 0) is 19.3 Å². The average Bonchev–Trinajstić information content (AvgIpc) is 2.72. The smallest absolute Gasteiger partial charge is 0.225 e. The molecule has 3 heteroatoms. The Morgan fingerprint density at radius 3 is 2.93 bits per heavy atom. The van der Waals surface area contributed by atoms with Crippen LogP contribution in [0.4, 0.5) is 0 Å². The highest BCUT2D eigenvalue weighted by atomic mass is 16.3. The molecule has 0 bridgehead atoms. The summed E-state index contributed by atoms with van der Waals surface area (Å²) in [6.07, 6.45) is 5.23. The number of amides is 1. The molecule has 0 spiro atoms. The first kappa shape index (κ1) is 12.5. The Morgan fingerprint density at radius 1 is 1.60 bits per heavy atom. The lowest BCUT2D eigenvalue weighted by Gasteiger charge is -2.26. The lowest BCUT2D eigenvalue weighted by molar-refractivity contribution is -0.136. The maximum absolute atomic E-state index is 12.0. The fourth-order valence-corrected chi connectivity index (χ4v) is 2.23. The van der Waals surface area contributed by atoms with Crippen molar-refractivity contribution in [3.05, 3.63) is 0 Å². The molecule has 1 heterocycles. The van der Waals surface area contributed by atoms with Crippen molar-refractivity contribution in [2.75, 3.05) is 13.2 Å². The molecule has 0 aromatic rings. The molecule has 1 aliphatic rings. The standard InChI is InChI=1S/C12H23NO2/c1-3-4-6-10(2)12(15)13-8-5-7-11(13)9-14/h10-11,14H,3-9H2,1-2H3. The SMILES string of the molecule is CCCCC(C)C(=O)N1CCCC1CO. The lowest BCUT2D eigenvalue weighted by Crippen LogP contribution is -2.40. The Hall–Kier alpha value is -0.570. The van der Waals surface area contributed by atoms with Crippen LogP contribution >= 0.6 is 0 Å². The van der Waals surface area contributed by atoms with Crippen LogP contribution in [0.2, 0.25) is 0 Å². The monoisotopic (exact) mass is 213 g/mol. The third-order valence-corrected chi connectivity index (χ3v) is 3.28. The minimum Gasteiger partial charge on any atom is -0.394 e. The number of carbonyl (C=O) groups is 1. The van der Waals surface area contributed by atoms with Gasteiger partial charge in [0.15, 0.2) is 0 Å². The van der Waals surface area contributed by atoms with Crippen LogP contribution < -0.4 is 0 Å². The molecule has 2 unspecified atom stereocenters. The van der Waals surface area contributed by atoms with Gasteiger partial charge in [0.1, 0.15) is 0 Å². The maximum atomic E-state index is 12.0. The predicted octanol–water partition coefficient (Wildman–Crippen LogP) is 1.80. The molecule has 0 aromatic heterocycles. The van der Waals surface area contributed by atoms with Crippen molar-refractivity contribution in [2.45, 2.75) is 52.0 Å². The molecular formula is C12H23NO2. The van der Waals surface area contributed by atoms with Gasteiger partial charge in [-0.2, -0.15) is 0 Å². The first-order valence-corrected chi connectivity index (χ1v) is 6.12. The molecule has 0 radical (unpaired) electrons. The summed E-state index contributed by atoms with van der Waals surface area (Å²) in [6.45, 7) is 5.10. The lowest BCUT2D eigenvalue weighted by atomic mass is 10.0. The van der Waals surface area contributed by atoms with Crippen LogP contribution in [0.15, 0.2) is 0 Å². The molecule has 0 aromatic carbocycles. The van der Waals surface area contributed by atoms with Crippen LogP contribution in [0.3, 0.4) is 0 Å². The second-order valence-corrected chi connectivity index (χ2v) is 4.55. The molecule has 1 saturated heterocycles. The van der Waals surface area contributed by atoms with Gasteiger partial charge < -0.3 is 10.0 Å². The summed E-state index contributed by atoms with van der Waals surface area (Å²) in [7, 11) is 0. The van der Waals surface area contributed by atoms with Gasteiger partial charge in [-0.1, -0.05) is 26.7 Å². The van der Waals surface area contributed by atoms with Crippen molar-refractivity contribution in [2.24, 2.45) is 5.92 Å². The number of aliphatic hydroxyl groups is 1. The summed E-state index contributed by atoms with van der Waals surface area (Å²) >= 11 is 0. The Kier molecular flexibility index (Phi) is 5.09. The largest absolute Gasteiger partial charge is 0.394 e. The summed E-state index contributed by atoms with van der Waals surface area (Å²) in [6, 6.07) is 0.0848. The number of carbonyl (C=O) groups excluding carboxylic acids is 1. The van der Waals surface area contributed by atoms with Crippen molar-refractivity contribution in [3.8, 4) is 0 Å². The zero-order valence-corrected chi connectivity index (χ0v) is 9.91. The van der Waals surface area contributed by atoms with Crippen molar-refractivity contribution < 1.29 is 9.90 Å². The number of hydrogen-bond donors (Lipinski definition) is 1. The highest BCUT2D eigenvalue weighted by molar-refractivity contribution is 5.79. The molecule has 1 aliphatic heterocycles. The van der Waals surface area contributed by atoms with E-state index in [0.29, 0.717) is 0 Å². The van der Waals surface area contributed by atoms with Crippen LogP contribution in [-0.4, -0.2) is 35.1 Å². The van der Waals surface area contributed by atoms with Crippen LogP contribution in [0, 0.1) is 5.92 Å². The van der Waals surface area contributed by atoms with Crippen molar-refractivity contribution in [3.63, 3.8) is 0 Å². The van der Waals surface area contributed by atoms with E-state index in [-0.39, 0.29) is 24.5 Å². The molecule has 1 fully saturated rings. The van der Waals surface area contributed by atoms with Gasteiger partial charge in [-0.25, -0.2) is 0 Å². The average molecular weight is 213 g/mol. The third-order valence-electron chi connectivity index (χ3n) is 3.28. The highest BCUT2D eigenvalue weighted by Gasteiger charge is 2.30. The molecule has 88 valence electrons. The minimum atomic E-state index is 0.0848. The van der Waals surface area contributed by atoms with Gasteiger partial charge in [0.05, 0.1) is 12.6 Å². The van der Waals surface area contributed by atoms with E-state index in [1.165, 1.54) is 0 Å². The van der Waals surface area contributed by atoms with Crippen LogP contribution in [0.5, 0.6) is 0 Å². The number of rotatable bonds is 5. The highest BCUT2D eigenvalue weighted by Crippen LogP contribution is 2.21. The first-order valence-electron chi connectivity index (χ1n) is 6.12. The van der Waals surface area contributed by atoms with Crippen molar-refractivity contribution >= 4 is 5.91 Å². The van der Waals surface area contributed by atoms with Crippen LogP contribution in [-0.2, 0) is 4.79 Å². The molecule has 1 amide bonds. The third kappa shape index (κ3) is 3.20. The quantitative estimate of drug-likeness (QED) is 0.756. The molecule has 0 saturated carbocycles. The van der Waals surface area contributed by atoms with Gasteiger partial charge in [-0.15, -0.1) is 0 Å². The summed E-state index contributed by atoms with van der Waals surface area (Å²) in [4.78, 5) is 13.9. The van der Waals surface area contributed by atoms with Gasteiger partial charge in [0.2, 0.25) is 5.91 Å². The fraction of sp³-hybridized carbons (Fsp3) is 0.917. The molecule has 1 rings (SSSR count). The van der Waals surface area contributed by atoms with Crippen LogP contribution in [0.1, 0.15) is 46.0 Å². The van der Waals surface area contributed by atoms with Gasteiger partial charge in [-0.3, -0.25) is 4.79 Å². The van der Waals surface area contributed by atoms with E-state index in [9.17, 15) is 4.79 Å². The topological polar surface area (TPSA) is 40.5 Å². The summed E-state index contributed by atoms with van der Waals surface area (Å²) in [5.41, 5.74) is 0. The fourth-order valence-electron chi connectivity index (χ4n) is 2.23. The summed E-state index contributed by atoms with van der Waals surface area (Å²) < 4.78 is 0. The van der Waals surface area contributed by atoms with Crippen molar-refractivity contribution in [1.82, 2.24) is 4.90 Å². The van der Waals surface area contributed by atoms with E-state index in [1.54, 1.807) is 0 Å². The normalized spacial score (nSPS) is 23.1. The second-order valence-electron chi connectivity index (χ2n) is 4.55. The van der Waals surface area contributed by atoms with Crippen LogP contribution in [0.25, 0.3) is 0 Å². The predicted molar refractivity (Wildman–Crippen MR) is 60.5 cm³/mol.